The number of phenols is 2. The number of nitrogens with zero attached hydrogens (tertiary/aromatic N) is 1. The van der Waals surface area contributed by atoms with Crippen LogP contribution in [0.25, 0.3) is 10.9 Å². The first-order valence-electron chi connectivity index (χ1n) is 9.18. The molecule has 3 N–H and O–H groups in total. The second-order valence-corrected chi connectivity index (χ2v) is 7.63. The van der Waals surface area contributed by atoms with Crippen LogP contribution in [-0.2, 0) is 0 Å². The van der Waals surface area contributed by atoms with Gasteiger partial charge in [0.05, 0.1) is 21.3 Å². The standard InChI is InChI=1S/C23H16Cl2N2O4/c1-12-22(10-14-9-20(28)21(29)11-19(14)26-12)31-16-5-3-15(4-6-16)27-23(30)13-2-7-17(24)18(25)8-13/h2-11,28-29H,1H3,(H,27,30). The van der Waals surface area contributed by atoms with Gasteiger partial charge in [0.1, 0.15) is 11.5 Å². The van der Waals surface area contributed by atoms with E-state index < -0.39 is 0 Å². The number of aromatic hydroxyl groups is 2. The van der Waals surface area contributed by atoms with Gasteiger partial charge in [-0.05, 0) is 61.5 Å². The Kier molecular flexibility index (Phi) is 5.59. The Morgan fingerprint density at radius 1 is 0.935 bits per heavy atom. The predicted octanol–water partition coefficient (Wildman–Crippen LogP) is 6.31. The number of nitrogens with one attached hydrogen (secondary N) is 1. The molecular weight excluding hydrogens is 439 g/mol. The molecule has 0 bridgehead atoms. The zero-order chi connectivity index (χ0) is 22.1. The van der Waals surface area contributed by atoms with Crippen molar-refractivity contribution < 1.29 is 19.7 Å². The van der Waals surface area contributed by atoms with Gasteiger partial charge in [-0.25, -0.2) is 4.98 Å². The molecule has 1 amide bonds. The second kappa shape index (κ2) is 8.34. The van der Waals surface area contributed by atoms with E-state index in [4.69, 9.17) is 27.9 Å². The molecule has 4 rings (SSSR count). The van der Waals surface area contributed by atoms with Crippen molar-refractivity contribution >= 4 is 45.7 Å². The van der Waals surface area contributed by atoms with E-state index in [2.05, 4.69) is 10.3 Å². The topological polar surface area (TPSA) is 91.7 Å². The number of amides is 1. The van der Waals surface area contributed by atoms with Crippen LogP contribution in [0.1, 0.15) is 16.1 Å². The molecule has 1 aromatic heterocycles. The van der Waals surface area contributed by atoms with E-state index in [9.17, 15) is 15.0 Å². The number of hydrogen-bond donors (Lipinski definition) is 3. The fourth-order valence-corrected chi connectivity index (χ4v) is 3.25. The highest BCUT2D eigenvalue weighted by Crippen LogP contribution is 2.34. The smallest absolute Gasteiger partial charge is 0.255 e. The van der Waals surface area contributed by atoms with E-state index in [0.717, 1.165) is 0 Å². The first kappa shape index (κ1) is 20.8. The largest absolute Gasteiger partial charge is 0.504 e. The highest BCUT2D eigenvalue weighted by atomic mass is 35.5. The third-order valence-electron chi connectivity index (χ3n) is 4.58. The summed E-state index contributed by atoms with van der Waals surface area (Å²) >= 11 is 11.8. The van der Waals surface area contributed by atoms with Crippen molar-refractivity contribution in [2.45, 2.75) is 6.92 Å². The average Bonchev–Trinajstić information content (AvgIpc) is 2.73. The van der Waals surface area contributed by atoms with Crippen LogP contribution in [0.5, 0.6) is 23.0 Å². The Hall–Kier alpha value is -3.48. The van der Waals surface area contributed by atoms with Crippen molar-refractivity contribution in [2.24, 2.45) is 0 Å². The lowest BCUT2D eigenvalue weighted by Gasteiger charge is -2.11. The minimum Gasteiger partial charge on any atom is -0.504 e. The summed E-state index contributed by atoms with van der Waals surface area (Å²) in [4.78, 5) is 16.8. The molecule has 0 aliphatic rings. The maximum absolute atomic E-state index is 12.4. The van der Waals surface area contributed by atoms with E-state index >= 15 is 0 Å². The van der Waals surface area contributed by atoms with Gasteiger partial charge < -0.3 is 20.3 Å². The van der Waals surface area contributed by atoms with Gasteiger partial charge in [0.15, 0.2) is 11.5 Å². The number of ether oxygens (including phenoxy) is 1. The summed E-state index contributed by atoms with van der Waals surface area (Å²) < 4.78 is 5.91. The average molecular weight is 455 g/mol. The molecule has 0 unspecified atom stereocenters. The van der Waals surface area contributed by atoms with Crippen LogP contribution in [0.4, 0.5) is 5.69 Å². The molecule has 156 valence electrons. The van der Waals surface area contributed by atoms with Gasteiger partial charge in [-0.2, -0.15) is 0 Å². The van der Waals surface area contributed by atoms with Crippen molar-refractivity contribution in [1.82, 2.24) is 4.98 Å². The SMILES string of the molecule is Cc1nc2cc(O)c(O)cc2cc1Oc1ccc(NC(=O)c2ccc(Cl)c(Cl)c2)cc1. The third-order valence-corrected chi connectivity index (χ3v) is 5.32. The highest BCUT2D eigenvalue weighted by molar-refractivity contribution is 6.42. The number of rotatable bonds is 4. The molecule has 6 nitrogen and oxygen atoms in total. The Bertz CT molecular complexity index is 1310. The monoisotopic (exact) mass is 454 g/mol. The number of halogens is 2. The van der Waals surface area contributed by atoms with Crippen LogP contribution >= 0.6 is 23.2 Å². The zero-order valence-corrected chi connectivity index (χ0v) is 17.7. The maximum Gasteiger partial charge on any atom is 0.255 e. The summed E-state index contributed by atoms with van der Waals surface area (Å²) in [6.45, 7) is 1.78. The summed E-state index contributed by atoms with van der Waals surface area (Å²) in [7, 11) is 0. The summed E-state index contributed by atoms with van der Waals surface area (Å²) in [5, 5.41) is 23.4. The van der Waals surface area contributed by atoms with Crippen molar-refractivity contribution in [2.75, 3.05) is 5.32 Å². The molecule has 8 heteroatoms. The Balaban J connectivity index is 1.50. The van der Waals surface area contributed by atoms with Gasteiger partial charge in [-0.15, -0.1) is 0 Å². The van der Waals surface area contributed by atoms with E-state index in [1.54, 1.807) is 49.4 Å². The second-order valence-electron chi connectivity index (χ2n) is 6.81. The number of carbonyl (C=O) groups excluding carboxylic acids is 1. The van der Waals surface area contributed by atoms with Gasteiger partial charge in [-0.1, -0.05) is 23.2 Å². The van der Waals surface area contributed by atoms with E-state index in [0.29, 0.717) is 49.4 Å². The van der Waals surface area contributed by atoms with Crippen LogP contribution in [0.15, 0.2) is 60.7 Å². The van der Waals surface area contributed by atoms with Crippen LogP contribution < -0.4 is 10.1 Å². The van der Waals surface area contributed by atoms with E-state index in [1.165, 1.54) is 18.2 Å². The van der Waals surface area contributed by atoms with Gasteiger partial charge >= 0.3 is 0 Å². The Morgan fingerprint density at radius 2 is 1.65 bits per heavy atom. The number of fused-ring (bicyclic) bond motifs is 1. The number of aryl methyl sites for hydroxylation is 1. The Labute approximate surface area is 187 Å². The summed E-state index contributed by atoms with van der Waals surface area (Å²) in [6, 6.07) is 16.0. The molecule has 1 heterocycles. The molecule has 0 saturated carbocycles. The van der Waals surface area contributed by atoms with Crippen LogP contribution in [0.2, 0.25) is 10.0 Å². The third kappa shape index (κ3) is 4.50. The number of pyridine rings is 1. The molecule has 0 radical (unpaired) electrons. The molecule has 0 aliphatic carbocycles. The number of anilines is 1. The van der Waals surface area contributed by atoms with Crippen LogP contribution in [-0.4, -0.2) is 21.1 Å². The maximum atomic E-state index is 12.4. The molecule has 0 spiro atoms. The van der Waals surface area contributed by atoms with Crippen molar-refractivity contribution in [3.05, 3.63) is 82.0 Å². The van der Waals surface area contributed by atoms with E-state index in [1.807, 2.05) is 0 Å². The van der Waals surface area contributed by atoms with Crippen LogP contribution in [0.3, 0.4) is 0 Å². The first-order valence-corrected chi connectivity index (χ1v) is 9.93. The fourth-order valence-electron chi connectivity index (χ4n) is 2.95. The van der Waals surface area contributed by atoms with Crippen molar-refractivity contribution in [3.8, 4) is 23.0 Å². The van der Waals surface area contributed by atoms with Gasteiger partial charge in [0, 0.05) is 22.7 Å². The predicted molar refractivity (Wildman–Crippen MR) is 121 cm³/mol. The number of aromatic nitrogens is 1. The van der Waals surface area contributed by atoms with Gasteiger partial charge in [0.25, 0.3) is 5.91 Å². The number of benzene rings is 3. The van der Waals surface area contributed by atoms with Crippen molar-refractivity contribution in [3.63, 3.8) is 0 Å². The van der Waals surface area contributed by atoms with Crippen LogP contribution in [0, 0.1) is 6.92 Å². The zero-order valence-electron chi connectivity index (χ0n) is 16.2. The molecule has 0 aliphatic heterocycles. The number of carbonyl (C=O) groups is 1. The summed E-state index contributed by atoms with van der Waals surface area (Å²) in [5.41, 5.74) is 2.13. The lowest BCUT2D eigenvalue weighted by atomic mass is 10.1. The number of phenolic OH excluding ortho intramolecular Hbond substituents is 2. The fraction of sp³-hybridized carbons (Fsp3) is 0.0435. The minimum atomic E-state index is -0.315. The van der Waals surface area contributed by atoms with Crippen molar-refractivity contribution in [1.29, 1.82) is 0 Å². The Morgan fingerprint density at radius 3 is 2.35 bits per heavy atom. The number of hydrogen-bond acceptors (Lipinski definition) is 5. The molecule has 0 fully saturated rings. The van der Waals surface area contributed by atoms with E-state index in [-0.39, 0.29) is 17.4 Å². The first-order chi connectivity index (χ1) is 14.8. The van der Waals surface area contributed by atoms with Gasteiger partial charge in [-0.3, -0.25) is 4.79 Å². The lowest BCUT2D eigenvalue weighted by molar-refractivity contribution is 0.102. The molecule has 3 aromatic carbocycles. The quantitative estimate of drug-likeness (QED) is 0.314. The molecule has 0 saturated heterocycles. The lowest BCUT2D eigenvalue weighted by Crippen LogP contribution is -2.11. The summed E-state index contributed by atoms with van der Waals surface area (Å²) in [5.74, 6) is 0.271. The molecule has 4 aromatic rings. The molecule has 0 atom stereocenters. The summed E-state index contributed by atoms with van der Waals surface area (Å²) in [6.07, 6.45) is 0. The highest BCUT2D eigenvalue weighted by Gasteiger charge is 2.11. The molecule has 31 heavy (non-hydrogen) atoms. The minimum absolute atomic E-state index is 0.230. The normalized spacial score (nSPS) is 10.8. The van der Waals surface area contributed by atoms with Gasteiger partial charge in [0.2, 0.25) is 0 Å². The molecular formula is C23H16Cl2N2O4.